The summed E-state index contributed by atoms with van der Waals surface area (Å²) in [4.78, 5) is 4.74. The molecule has 0 atom stereocenters. The number of aryl methyl sites for hydroxylation is 3. The Morgan fingerprint density at radius 1 is 1.00 bits per heavy atom. The zero-order chi connectivity index (χ0) is 13.5. The number of hydrogen-bond donors (Lipinski definition) is 0. The van der Waals surface area contributed by atoms with Crippen LogP contribution in [0.3, 0.4) is 0 Å². The Morgan fingerprint density at radius 3 is 2.00 bits per heavy atom. The molecule has 0 unspecified atom stereocenters. The van der Waals surface area contributed by atoms with Gasteiger partial charge in [0.1, 0.15) is 0 Å². The molecule has 0 spiro atoms. The Hall–Kier alpha value is -1.57. The van der Waals surface area contributed by atoms with Gasteiger partial charge in [-0.2, -0.15) is 0 Å². The van der Waals surface area contributed by atoms with Crippen LogP contribution in [0.4, 0.5) is 5.69 Å². The summed E-state index contributed by atoms with van der Waals surface area (Å²) in [5.74, 6) is 1.72. The first kappa shape index (κ1) is 12.9. The van der Waals surface area contributed by atoms with Crippen LogP contribution < -0.4 is 0 Å². The van der Waals surface area contributed by atoms with Crippen LogP contribution in [0.2, 0.25) is 0 Å². The monoisotopic (exact) mass is 243 g/mol. The van der Waals surface area contributed by atoms with Crippen LogP contribution in [-0.4, -0.2) is 5.90 Å². The van der Waals surface area contributed by atoms with E-state index in [4.69, 9.17) is 9.73 Å². The second-order valence-corrected chi connectivity index (χ2v) is 5.74. The highest BCUT2D eigenvalue weighted by Gasteiger charge is 2.31. The number of rotatable bonds is 1. The highest BCUT2D eigenvalue weighted by Crippen LogP contribution is 2.34. The van der Waals surface area contributed by atoms with Gasteiger partial charge in [0.15, 0.2) is 0 Å². The molecule has 1 aliphatic rings. The van der Waals surface area contributed by atoms with E-state index in [0.29, 0.717) is 0 Å². The zero-order valence-corrected chi connectivity index (χ0v) is 12.1. The van der Waals surface area contributed by atoms with Crippen molar-refractivity contribution >= 4 is 11.6 Å². The maximum Gasteiger partial charge on any atom is 0.204 e. The highest BCUT2D eigenvalue weighted by atomic mass is 16.5. The molecule has 2 nitrogen and oxygen atoms in total. The summed E-state index contributed by atoms with van der Waals surface area (Å²) in [7, 11) is 0. The van der Waals surface area contributed by atoms with Crippen LogP contribution in [0.5, 0.6) is 0 Å². The van der Waals surface area contributed by atoms with Crippen molar-refractivity contribution in [1.82, 2.24) is 0 Å². The van der Waals surface area contributed by atoms with E-state index in [0.717, 1.165) is 17.3 Å². The van der Waals surface area contributed by atoms with Crippen LogP contribution in [0.25, 0.3) is 0 Å². The molecule has 0 saturated heterocycles. The first-order chi connectivity index (χ1) is 8.29. The van der Waals surface area contributed by atoms with Crippen molar-refractivity contribution in [3.05, 3.63) is 40.7 Å². The fraction of sp³-hybridized carbons (Fsp3) is 0.438. The maximum atomic E-state index is 5.73. The molecule has 96 valence electrons. The number of benzene rings is 1. The van der Waals surface area contributed by atoms with Gasteiger partial charge in [0.2, 0.25) is 5.90 Å². The van der Waals surface area contributed by atoms with E-state index in [1.165, 1.54) is 16.7 Å². The van der Waals surface area contributed by atoms with Crippen LogP contribution in [-0.2, 0) is 4.74 Å². The maximum absolute atomic E-state index is 5.73. The predicted octanol–water partition coefficient (Wildman–Crippen LogP) is 4.60. The van der Waals surface area contributed by atoms with Crippen molar-refractivity contribution in [2.24, 2.45) is 10.4 Å². The van der Waals surface area contributed by atoms with E-state index >= 15 is 0 Å². The molecular weight excluding hydrogens is 222 g/mol. The van der Waals surface area contributed by atoms with Gasteiger partial charge in [-0.1, -0.05) is 17.7 Å². The van der Waals surface area contributed by atoms with Crippen molar-refractivity contribution in [3.63, 3.8) is 0 Å². The molecule has 1 heterocycles. The minimum atomic E-state index is -0.117. The molecule has 0 N–H and O–H groups in total. The van der Waals surface area contributed by atoms with Gasteiger partial charge in [0.05, 0.1) is 16.9 Å². The van der Waals surface area contributed by atoms with Crippen molar-refractivity contribution in [2.45, 2.75) is 41.5 Å². The molecule has 0 aromatic heterocycles. The molecule has 0 bridgehead atoms. The lowest BCUT2D eigenvalue weighted by molar-refractivity contribution is 0.408. The number of hydrogen-bond acceptors (Lipinski definition) is 2. The Balaban J connectivity index is 2.47. The smallest absolute Gasteiger partial charge is 0.204 e. The molecule has 1 aromatic carbocycles. The van der Waals surface area contributed by atoms with Crippen LogP contribution in [0, 0.1) is 26.2 Å². The summed E-state index contributed by atoms with van der Waals surface area (Å²) in [5.41, 5.74) is 4.59. The zero-order valence-electron chi connectivity index (χ0n) is 12.1. The summed E-state index contributed by atoms with van der Waals surface area (Å²) in [6.45, 7) is 12.5. The van der Waals surface area contributed by atoms with Gasteiger partial charge in [0, 0.05) is 0 Å². The lowest BCUT2D eigenvalue weighted by Gasteiger charge is -2.16. The Morgan fingerprint density at radius 2 is 1.56 bits per heavy atom. The number of aliphatic imine (C=N–C) groups is 1. The van der Waals surface area contributed by atoms with Crippen LogP contribution in [0.15, 0.2) is 29.0 Å². The number of ether oxygens (including phenoxy) is 1. The third-order valence-corrected chi connectivity index (χ3v) is 3.22. The second-order valence-electron chi connectivity index (χ2n) is 5.74. The summed E-state index contributed by atoms with van der Waals surface area (Å²) >= 11 is 0. The summed E-state index contributed by atoms with van der Waals surface area (Å²) in [5, 5.41) is 0. The van der Waals surface area contributed by atoms with Crippen molar-refractivity contribution in [3.8, 4) is 0 Å². The quantitative estimate of drug-likeness (QED) is 0.706. The second kappa shape index (κ2) is 4.27. The molecule has 0 saturated carbocycles. The predicted molar refractivity (Wildman–Crippen MR) is 76.4 cm³/mol. The number of nitrogens with zero attached hydrogens (tertiary/aromatic N) is 1. The first-order valence-electron chi connectivity index (χ1n) is 6.34. The van der Waals surface area contributed by atoms with Gasteiger partial charge < -0.3 is 4.74 Å². The van der Waals surface area contributed by atoms with Gasteiger partial charge in [-0.25, -0.2) is 4.99 Å². The summed E-state index contributed by atoms with van der Waals surface area (Å²) in [6.07, 6.45) is 2.12. The Bertz CT molecular complexity index is 527. The van der Waals surface area contributed by atoms with Crippen LogP contribution >= 0.6 is 0 Å². The molecule has 1 aromatic rings. The average molecular weight is 243 g/mol. The van der Waals surface area contributed by atoms with Crippen molar-refractivity contribution in [2.75, 3.05) is 0 Å². The fourth-order valence-electron chi connectivity index (χ4n) is 2.50. The molecule has 2 rings (SSSR count). The number of allylic oxidation sites excluding steroid dienone is 1. The third kappa shape index (κ3) is 2.33. The molecule has 0 radical (unpaired) electrons. The topological polar surface area (TPSA) is 21.6 Å². The third-order valence-electron chi connectivity index (χ3n) is 3.22. The van der Waals surface area contributed by atoms with Crippen molar-refractivity contribution < 1.29 is 4.74 Å². The van der Waals surface area contributed by atoms with Gasteiger partial charge >= 0.3 is 0 Å². The van der Waals surface area contributed by atoms with E-state index < -0.39 is 0 Å². The Labute approximate surface area is 109 Å². The average Bonchev–Trinajstić information content (AvgIpc) is 2.45. The largest absolute Gasteiger partial charge is 0.447 e. The molecule has 18 heavy (non-hydrogen) atoms. The molecule has 2 heteroatoms. The van der Waals surface area contributed by atoms with E-state index in [1.54, 1.807) is 0 Å². The molecule has 0 aliphatic carbocycles. The lowest BCUT2D eigenvalue weighted by Crippen LogP contribution is -2.18. The Kier molecular flexibility index (Phi) is 3.05. The minimum absolute atomic E-state index is 0.117. The lowest BCUT2D eigenvalue weighted by atomic mass is 9.94. The molecule has 1 aliphatic heterocycles. The minimum Gasteiger partial charge on any atom is -0.447 e. The van der Waals surface area contributed by atoms with Gasteiger partial charge in [-0.15, -0.1) is 0 Å². The SMILES string of the molecule is CC1=CC(C)(C)C(=Nc2c(C)cc(C)cc2C)O1. The van der Waals surface area contributed by atoms with E-state index in [2.05, 4.69) is 52.8 Å². The summed E-state index contributed by atoms with van der Waals surface area (Å²) < 4.78 is 5.73. The van der Waals surface area contributed by atoms with E-state index in [1.807, 2.05) is 6.92 Å². The van der Waals surface area contributed by atoms with Gasteiger partial charge in [-0.05, 0) is 58.7 Å². The van der Waals surface area contributed by atoms with Crippen molar-refractivity contribution in [1.29, 1.82) is 0 Å². The standard InChI is InChI=1S/C16H21NO/c1-10-7-11(2)14(12(3)8-10)17-15-16(5,6)9-13(4)18-15/h7-9H,1-6H3. The summed E-state index contributed by atoms with van der Waals surface area (Å²) in [6, 6.07) is 4.32. The first-order valence-corrected chi connectivity index (χ1v) is 6.34. The van der Waals surface area contributed by atoms with Gasteiger partial charge in [0.25, 0.3) is 0 Å². The normalized spacial score (nSPS) is 19.9. The molecule has 0 fully saturated rings. The van der Waals surface area contributed by atoms with E-state index in [-0.39, 0.29) is 5.41 Å². The molecule has 0 amide bonds. The highest BCUT2D eigenvalue weighted by molar-refractivity contribution is 5.89. The fourth-order valence-corrected chi connectivity index (χ4v) is 2.50. The van der Waals surface area contributed by atoms with Crippen LogP contribution in [0.1, 0.15) is 37.5 Å². The van der Waals surface area contributed by atoms with Gasteiger partial charge in [-0.3, -0.25) is 0 Å². The molecular formula is C16H21NO. The van der Waals surface area contributed by atoms with E-state index in [9.17, 15) is 0 Å².